The van der Waals surface area contributed by atoms with E-state index in [1.54, 1.807) is 12.3 Å². The lowest BCUT2D eigenvalue weighted by Crippen LogP contribution is -2.26. The summed E-state index contributed by atoms with van der Waals surface area (Å²) in [5.74, 6) is 1.37. The van der Waals surface area contributed by atoms with E-state index in [0.29, 0.717) is 31.7 Å². The maximum absolute atomic E-state index is 12.6. The molecule has 0 spiro atoms. The number of para-hydroxylation sites is 1. The first-order valence-electron chi connectivity index (χ1n) is 9.23. The van der Waals surface area contributed by atoms with Crippen LogP contribution in [-0.4, -0.2) is 30.6 Å². The number of aromatic nitrogens is 1. The highest BCUT2D eigenvalue weighted by molar-refractivity contribution is 6.05. The van der Waals surface area contributed by atoms with Crippen molar-refractivity contribution in [1.29, 1.82) is 0 Å². The number of rotatable bonds is 8. The van der Waals surface area contributed by atoms with E-state index in [0.717, 1.165) is 28.0 Å². The molecule has 3 aromatic rings. The summed E-state index contributed by atoms with van der Waals surface area (Å²) >= 11 is 0. The van der Waals surface area contributed by atoms with Crippen LogP contribution < -0.4 is 14.8 Å². The molecule has 3 rings (SSSR count). The summed E-state index contributed by atoms with van der Waals surface area (Å²) in [6.07, 6.45) is 2.41. The van der Waals surface area contributed by atoms with Gasteiger partial charge in [0.25, 0.3) is 5.91 Å². The lowest BCUT2D eigenvalue weighted by Gasteiger charge is -2.13. The molecule has 0 unspecified atom stereocenters. The zero-order chi connectivity index (χ0) is 19.1. The van der Waals surface area contributed by atoms with E-state index in [2.05, 4.69) is 10.3 Å². The van der Waals surface area contributed by atoms with Crippen molar-refractivity contribution in [3.05, 3.63) is 65.9 Å². The molecule has 0 saturated carbocycles. The topological polar surface area (TPSA) is 60.5 Å². The Morgan fingerprint density at radius 1 is 1.00 bits per heavy atom. The minimum atomic E-state index is -0.115. The molecule has 5 nitrogen and oxygen atoms in total. The van der Waals surface area contributed by atoms with Gasteiger partial charge in [-0.2, -0.15) is 0 Å². The minimum Gasteiger partial charge on any atom is -0.490 e. The number of ether oxygens (including phenoxy) is 2. The molecular formula is C22H24N2O3. The van der Waals surface area contributed by atoms with Crippen LogP contribution >= 0.6 is 0 Å². The monoisotopic (exact) mass is 364 g/mol. The Labute approximate surface area is 159 Å². The van der Waals surface area contributed by atoms with Crippen LogP contribution in [0.2, 0.25) is 0 Å². The number of amides is 1. The predicted octanol–water partition coefficient (Wildman–Crippen LogP) is 4.00. The van der Waals surface area contributed by atoms with Gasteiger partial charge in [-0.15, -0.1) is 0 Å². The predicted molar refractivity (Wildman–Crippen MR) is 107 cm³/mol. The summed E-state index contributed by atoms with van der Waals surface area (Å²) in [5.41, 5.74) is 2.39. The molecule has 1 aromatic heterocycles. The maximum atomic E-state index is 12.6. The van der Waals surface area contributed by atoms with Crippen LogP contribution in [0, 0.1) is 0 Å². The smallest absolute Gasteiger partial charge is 0.253 e. The molecular weight excluding hydrogens is 340 g/mol. The van der Waals surface area contributed by atoms with E-state index >= 15 is 0 Å². The Morgan fingerprint density at radius 2 is 1.78 bits per heavy atom. The lowest BCUT2D eigenvalue weighted by molar-refractivity contribution is 0.0955. The van der Waals surface area contributed by atoms with Crippen LogP contribution in [0.5, 0.6) is 11.5 Å². The van der Waals surface area contributed by atoms with Crippen molar-refractivity contribution in [2.45, 2.75) is 20.3 Å². The first-order valence-corrected chi connectivity index (χ1v) is 9.23. The third-order valence-electron chi connectivity index (χ3n) is 4.18. The number of hydrogen-bond acceptors (Lipinski definition) is 4. The fourth-order valence-corrected chi connectivity index (χ4v) is 2.95. The third kappa shape index (κ3) is 4.56. The van der Waals surface area contributed by atoms with Crippen molar-refractivity contribution in [2.75, 3.05) is 19.8 Å². The Balaban J connectivity index is 1.65. The minimum absolute atomic E-state index is 0.115. The number of carbonyl (C=O) groups excluding carboxylic acids is 1. The molecule has 1 heterocycles. The molecule has 0 bridgehead atoms. The Bertz CT molecular complexity index is 919. The summed E-state index contributed by atoms with van der Waals surface area (Å²) in [6.45, 7) is 5.59. The normalized spacial score (nSPS) is 10.6. The number of benzene rings is 2. The van der Waals surface area contributed by atoms with Gasteiger partial charge in [0.2, 0.25) is 0 Å². The number of nitrogens with one attached hydrogen (secondary N) is 1. The molecule has 0 fully saturated rings. The molecule has 0 aliphatic rings. The SMILES string of the molecule is CCOc1ccc(CCNC(=O)c2cccc3cccnc23)cc1OCC. The van der Waals surface area contributed by atoms with Gasteiger partial charge >= 0.3 is 0 Å². The van der Waals surface area contributed by atoms with Gasteiger partial charge in [-0.25, -0.2) is 0 Å². The van der Waals surface area contributed by atoms with Crippen molar-refractivity contribution in [1.82, 2.24) is 10.3 Å². The van der Waals surface area contributed by atoms with E-state index in [1.807, 2.05) is 56.3 Å². The van der Waals surface area contributed by atoms with Gasteiger partial charge in [0.15, 0.2) is 11.5 Å². The van der Waals surface area contributed by atoms with Gasteiger partial charge in [-0.3, -0.25) is 9.78 Å². The Kier molecular flexibility index (Phi) is 6.26. The summed E-state index contributed by atoms with van der Waals surface area (Å²) in [5, 5.41) is 3.94. The van der Waals surface area contributed by atoms with E-state index < -0.39 is 0 Å². The van der Waals surface area contributed by atoms with Gasteiger partial charge in [-0.1, -0.05) is 24.3 Å². The number of carbonyl (C=O) groups is 1. The van der Waals surface area contributed by atoms with E-state index in [-0.39, 0.29) is 5.91 Å². The van der Waals surface area contributed by atoms with E-state index in [1.165, 1.54) is 0 Å². The summed E-state index contributed by atoms with van der Waals surface area (Å²) in [4.78, 5) is 16.9. The summed E-state index contributed by atoms with van der Waals surface area (Å²) in [6, 6.07) is 15.3. The Morgan fingerprint density at radius 3 is 2.59 bits per heavy atom. The highest BCUT2D eigenvalue weighted by Gasteiger charge is 2.11. The Hall–Kier alpha value is -3.08. The number of nitrogens with zero attached hydrogens (tertiary/aromatic N) is 1. The van der Waals surface area contributed by atoms with Crippen LogP contribution in [0.4, 0.5) is 0 Å². The quantitative estimate of drug-likeness (QED) is 0.656. The van der Waals surface area contributed by atoms with Crippen LogP contribution in [0.3, 0.4) is 0 Å². The summed E-state index contributed by atoms with van der Waals surface area (Å²) < 4.78 is 11.2. The van der Waals surface area contributed by atoms with Gasteiger partial charge in [0, 0.05) is 18.1 Å². The van der Waals surface area contributed by atoms with Crippen molar-refractivity contribution in [2.24, 2.45) is 0 Å². The number of pyridine rings is 1. The zero-order valence-corrected chi connectivity index (χ0v) is 15.7. The molecule has 2 aromatic carbocycles. The van der Waals surface area contributed by atoms with Gasteiger partial charge < -0.3 is 14.8 Å². The average molecular weight is 364 g/mol. The fourth-order valence-electron chi connectivity index (χ4n) is 2.95. The molecule has 140 valence electrons. The molecule has 27 heavy (non-hydrogen) atoms. The highest BCUT2D eigenvalue weighted by atomic mass is 16.5. The molecule has 0 saturated heterocycles. The van der Waals surface area contributed by atoms with Crippen LogP contribution in [0.25, 0.3) is 10.9 Å². The molecule has 5 heteroatoms. The van der Waals surface area contributed by atoms with E-state index in [4.69, 9.17) is 9.47 Å². The van der Waals surface area contributed by atoms with Gasteiger partial charge in [0.05, 0.1) is 24.3 Å². The molecule has 0 aliphatic heterocycles. The molecule has 0 radical (unpaired) electrons. The second kappa shape index (κ2) is 9.03. The second-order valence-corrected chi connectivity index (χ2v) is 6.03. The van der Waals surface area contributed by atoms with Crippen LogP contribution in [0.1, 0.15) is 29.8 Å². The van der Waals surface area contributed by atoms with Crippen molar-refractivity contribution >= 4 is 16.8 Å². The zero-order valence-electron chi connectivity index (χ0n) is 15.7. The first kappa shape index (κ1) is 18.7. The van der Waals surface area contributed by atoms with E-state index in [9.17, 15) is 4.79 Å². The van der Waals surface area contributed by atoms with Crippen molar-refractivity contribution < 1.29 is 14.3 Å². The van der Waals surface area contributed by atoms with Crippen molar-refractivity contribution in [3.63, 3.8) is 0 Å². The second-order valence-electron chi connectivity index (χ2n) is 6.03. The average Bonchev–Trinajstić information content (AvgIpc) is 2.69. The van der Waals surface area contributed by atoms with Crippen LogP contribution in [0.15, 0.2) is 54.7 Å². The molecule has 1 N–H and O–H groups in total. The summed E-state index contributed by atoms with van der Waals surface area (Å²) in [7, 11) is 0. The largest absolute Gasteiger partial charge is 0.490 e. The molecule has 0 atom stereocenters. The van der Waals surface area contributed by atoms with Crippen molar-refractivity contribution in [3.8, 4) is 11.5 Å². The third-order valence-corrected chi connectivity index (χ3v) is 4.18. The fraction of sp³-hybridized carbons (Fsp3) is 0.273. The molecule has 1 amide bonds. The lowest BCUT2D eigenvalue weighted by atomic mass is 10.1. The standard InChI is InChI=1S/C22H24N2O3/c1-3-26-19-11-10-16(15-20(19)27-4-2)12-14-24-22(25)18-9-5-7-17-8-6-13-23-21(17)18/h5-11,13,15H,3-4,12,14H2,1-2H3,(H,24,25). The van der Waals surface area contributed by atoms with Crippen LogP contribution in [-0.2, 0) is 6.42 Å². The molecule has 0 aliphatic carbocycles. The number of hydrogen-bond donors (Lipinski definition) is 1. The maximum Gasteiger partial charge on any atom is 0.253 e. The van der Waals surface area contributed by atoms with Gasteiger partial charge in [-0.05, 0) is 50.1 Å². The first-order chi connectivity index (χ1) is 13.2. The van der Waals surface area contributed by atoms with Gasteiger partial charge in [0.1, 0.15) is 0 Å². The highest BCUT2D eigenvalue weighted by Crippen LogP contribution is 2.28. The number of fused-ring (bicyclic) bond motifs is 1.